The first-order valence-corrected chi connectivity index (χ1v) is 5.03. The minimum absolute atomic E-state index is 0.179. The van der Waals surface area contributed by atoms with Gasteiger partial charge in [0.2, 0.25) is 0 Å². The smallest absolute Gasteiger partial charge is 0.273 e. The van der Waals surface area contributed by atoms with Crippen molar-refractivity contribution in [3.8, 4) is 0 Å². The summed E-state index contributed by atoms with van der Waals surface area (Å²) < 4.78 is 0. The lowest BCUT2D eigenvalue weighted by Crippen LogP contribution is -2.27. The minimum atomic E-state index is -0.236. The van der Waals surface area contributed by atoms with Gasteiger partial charge < -0.3 is 11.1 Å². The Hall–Kier alpha value is -1.65. The average Bonchev–Trinajstić information content (AvgIpc) is 2.92. The molecule has 1 amide bonds. The number of nitrogen functional groups attached to an aromatic ring is 1. The predicted octanol–water partition coefficient (Wildman–Crippen LogP) is 0.445. The van der Waals surface area contributed by atoms with Crippen molar-refractivity contribution in [2.45, 2.75) is 13.3 Å². The van der Waals surface area contributed by atoms with Crippen LogP contribution in [-0.2, 0) is 0 Å². The maximum Gasteiger partial charge on any atom is 0.273 e. The topological polar surface area (TPSA) is 80.9 Å². The first-order chi connectivity index (χ1) is 7.18. The summed E-state index contributed by atoms with van der Waals surface area (Å²) >= 11 is 0. The largest absolute Gasteiger partial charge is 0.382 e. The molecule has 1 aromatic heterocycles. The highest BCUT2D eigenvalue weighted by Crippen LogP contribution is 2.36. The first-order valence-electron chi connectivity index (χ1n) is 5.03. The number of carbonyl (C=O) groups excluding carboxylic acids is 1. The molecule has 1 fully saturated rings. The van der Waals surface area contributed by atoms with Crippen LogP contribution in [0.15, 0.2) is 12.4 Å². The summed E-state index contributed by atoms with van der Waals surface area (Å²) in [4.78, 5) is 19.3. The molecule has 0 radical (unpaired) electrons. The fourth-order valence-electron chi connectivity index (χ4n) is 1.51. The molecule has 1 saturated carbocycles. The second-order valence-electron chi connectivity index (χ2n) is 3.97. The molecule has 1 aliphatic rings. The van der Waals surface area contributed by atoms with E-state index >= 15 is 0 Å². The summed E-state index contributed by atoms with van der Waals surface area (Å²) in [6.07, 6.45) is 4.12. The van der Waals surface area contributed by atoms with Crippen LogP contribution in [0.1, 0.15) is 23.8 Å². The van der Waals surface area contributed by atoms with Gasteiger partial charge in [0.1, 0.15) is 0 Å². The molecule has 15 heavy (non-hydrogen) atoms. The SMILES string of the molecule is C[C@@H]1C[C@H]1CNC(=O)c1nccnc1N. The molecule has 0 aliphatic heterocycles. The van der Waals surface area contributed by atoms with E-state index in [0.29, 0.717) is 12.5 Å². The zero-order valence-corrected chi connectivity index (χ0v) is 8.60. The number of nitrogens with two attached hydrogens (primary N) is 1. The Morgan fingerprint density at radius 3 is 2.87 bits per heavy atom. The standard InChI is InChI=1S/C10H14N4O/c1-6-4-7(6)5-14-10(15)8-9(11)13-3-2-12-8/h2-3,6-7H,4-5H2,1H3,(H2,11,13)(H,14,15)/t6-,7+/m1/s1. The van der Waals surface area contributed by atoms with Crippen molar-refractivity contribution >= 4 is 11.7 Å². The van der Waals surface area contributed by atoms with Gasteiger partial charge in [-0.25, -0.2) is 9.97 Å². The Balaban J connectivity index is 1.93. The molecule has 5 nitrogen and oxygen atoms in total. The van der Waals surface area contributed by atoms with Crippen LogP contribution in [0.3, 0.4) is 0 Å². The second-order valence-corrected chi connectivity index (χ2v) is 3.97. The van der Waals surface area contributed by atoms with Gasteiger partial charge in [0.15, 0.2) is 11.5 Å². The van der Waals surface area contributed by atoms with Crippen molar-refractivity contribution in [1.82, 2.24) is 15.3 Å². The summed E-state index contributed by atoms with van der Waals surface area (Å²) in [7, 11) is 0. The van der Waals surface area contributed by atoms with Crippen molar-refractivity contribution in [2.24, 2.45) is 11.8 Å². The van der Waals surface area contributed by atoms with Crippen molar-refractivity contribution in [3.63, 3.8) is 0 Å². The van der Waals surface area contributed by atoms with Gasteiger partial charge in [-0.2, -0.15) is 0 Å². The van der Waals surface area contributed by atoms with Crippen LogP contribution in [0.5, 0.6) is 0 Å². The summed E-state index contributed by atoms with van der Waals surface area (Å²) in [6, 6.07) is 0. The third-order valence-corrected chi connectivity index (χ3v) is 2.74. The molecule has 1 aliphatic carbocycles. The van der Waals surface area contributed by atoms with Crippen molar-refractivity contribution in [3.05, 3.63) is 18.1 Å². The van der Waals surface area contributed by atoms with Gasteiger partial charge >= 0.3 is 0 Å². The van der Waals surface area contributed by atoms with Gasteiger partial charge in [-0.1, -0.05) is 6.92 Å². The molecule has 3 N–H and O–H groups in total. The Kier molecular flexibility index (Phi) is 2.53. The fraction of sp³-hybridized carbons (Fsp3) is 0.500. The Labute approximate surface area is 88.1 Å². The highest BCUT2D eigenvalue weighted by molar-refractivity contribution is 5.96. The number of nitrogens with one attached hydrogen (secondary N) is 1. The van der Waals surface area contributed by atoms with Gasteiger partial charge in [-0.15, -0.1) is 0 Å². The molecule has 0 saturated heterocycles. The van der Waals surface area contributed by atoms with Crippen molar-refractivity contribution < 1.29 is 4.79 Å². The van der Waals surface area contributed by atoms with Crippen molar-refractivity contribution in [1.29, 1.82) is 0 Å². The lowest BCUT2D eigenvalue weighted by Gasteiger charge is -2.04. The van der Waals surface area contributed by atoms with Crippen LogP contribution < -0.4 is 11.1 Å². The van der Waals surface area contributed by atoms with Crippen LogP contribution in [0, 0.1) is 11.8 Å². The number of aromatic nitrogens is 2. The van der Waals surface area contributed by atoms with Gasteiger partial charge in [0.05, 0.1) is 0 Å². The molecule has 0 unspecified atom stereocenters. The van der Waals surface area contributed by atoms with E-state index in [1.165, 1.54) is 18.8 Å². The molecule has 2 rings (SSSR count). The van der Waals surface area contributed by atoms with E-state index in [0.717, 1.165) is 5.92 Å². The molecule has 0 bridgehead atoms. The maximum absolute atomic E-state index is 11.6. The predicted molar refractivity (Wildman–Crippen MR) is 56.0 cm³/mol. The van der Waals surface area contributed by atoms with E-state index in [1.807, 2.05) is 0 Å². The highest BCUT2D eigenvalue weighted by atomic mass is 16.1. The fourth-order valence-corrected chi connectivity index (χ4v) is 1.51. The van der Waals surface area contributed by atoms with Gasteiger partial charge in [-0.05, 0) is 18.3 Å². The van der Waals surface area contributed by atoms with Gasteiger partial charge in [0, 0.05) is 18.9 Å². The summed E-state index contributed by atoms with van der Waals surface area (Å²) in [6.45, 7) is 2.88. The molecule has 80 valence electrons. The van der Waals surface area contributed by atoms with Crippen LogP contribution >= 0.6 is 0 Å². The van der Waals surface area contributed by atoms with E-state index in [-0.39, 0.29) is 17.4 Å². The summed E-state index contributed by atoms with van der Waals surface area (Å²) in [5.74, 6) is 1.29. The van der Waals surface area contributed by atoms with Crippen molar-refractivity contribution in [2.75, 3.05) is 12.3 Å². The number of hydrogen-bond acceptors (Lipinski definition) is 4. The quantitative estimate of drug-likeness (QED) is 0.752. The van der Waals surface area contributed by atoms with Crippen LogP contribution in [0.4, 0.5) is 5.82 Å². The van der Waals surface area contributed by atoms with E-state index < -0.39 is 0 Å². The van der Waals surface area contributed by atoms with E-state index in [9.17, 15) is 4.79 Å². The number of carbonyl (C=O) groups is 1. The lowest BCUT2D eigenvalue weighted by molar-refractivity contribution is 0.0947. The molecule has 2 atom stereocenters. The Morgan fingerprint density at radius 1 is 1.60 bits per heavy atom. The van der Waals surface area contributed by atoms with Gasteiger partial charge in [0.25, 0.3) is 5.91 Å². The lowest BCUT2D eigenvalue weighted by atomic mass is 10.3. The zero-order valence-electron chi connectivity index (χ0n) is 8.60. The summed E-state index contributed by atoms with van der Waals surface area (Å²) in [5, 5.41) is 2.81. The monoisotopic (exact) mass is 206 g/mol. The minimum Gasteiger partial charge on any atom is -0.382 e. The van der Waals surface area contributed by atoms with Crippen LogP contribution in [-0.4, -0.2) is 22.4 Å². The first kappa shape index (κ1) is 9.89. The maximum atomic E-state index is 11.6. The molecule has 0 spiro atoms. The molecule has 5 heteroatoms. The second kappa shape index (κ2) is 3.84. The molecule has 1 aromatic rings. The number of amides is 1. The van der Waals surface area contributed by atoms with Crippen LogP contribution in [0.25, 0.3) is 0 Å². The molecule has 1 heterocycles. The number of hydrogen-bond donors (Lipinski definition) is 2. The van der Waals surface area contributed by atoms with Crippen LogP contribution in [0.2, 0.25) is 0 Å². The Bertz CT molecular complexity index is 379. The number of rotatable bonds is 3. The summed E-state index contributed by atoms with van der Waals surface area (Å²) in [5.41, 5.74) is 5.75. The van der Waals surface area contributed by atoms with E-state index in [4.69, 9.17) is 5.73 Å². The molecular formula is C10H14N4O. The number of anilines is 1. The molecular weight excluding hydrogens is 192 g/mol. The normalized spacial score (nSPS) is 23.5. The van der Waals surface area contributed by atoms with Gasteiger partial charge in [-0.3, -0.25) is 4.79 Å². The average molecular weight is 206 g/mol. The van der Waals surface area contributed by atoms with E-state index in [2.05, 4.69) is 22.2 Å². The molecule has 0 aromatic carbocycles. The third kappa shape index (κ3) is 2.23. The highest BCUT2D eigenvalue weighted by Gasteiger charge is 2.32. The number of nitrogens with zero attached hydrogens (tertiary/aromatic N) is 2. The Morgan fingerprint density at radius 2 is 2.27 bits per heavy atom. The third-order valence-electron chi connectivity index (χ3n) is 2.74. The zero-order chi connectivity index (χ0) is 10.8. The van der Waals surface area contributed by atoms with E-state index in [1.54, 1.807) is 0 Å².